The van der Waals surface area contributed by atoms with Gasteiger partial charge < -0.3 is 20.3 Å². The number of hydrogen-bond acceptors (Lipinski definition) is 8. The van der Waals surface area contributed by atoms with E-state index in [4.69, 9.17) is 4.52 Å². The van der Waals surface area contributed by atoms with Crippen LogP contribution in [-0.2, 0) is 9.59 Å². The number of anilines is 3. The normalized spacial score (nSPS) is 17.9. The Balaban J connectivity index is 1.55. The third kappa shape index (κ3) is 5.31. The van der Waals surface area contributed by atoms with Gasteiger partial charge >= 0.3 is 5.97 Å². The van der Waals surface area contributed by atoms with Gasteiger partial charge in [-0.3, -0.25) is 14.6 Å². The Morgan fingerprint density at radius 1 is 1.06 bits per heavy atom. The number of aromatic nitrogens is 4. The van der Waals surface area contributed by atoms with Gasteiger partial charge in [0.25, 0.3) is 0 Å². The van der Waals surface area contributed by atoms with Crippen LogP contribution in [0.3, 0.4) is 0 Å². The fraction of sp³-hybridized carbons (Fsp3) is 0.440. The van der Waals surface area contributed by atoms with Crippen LogP contribution < -0.4 is 10.6 Å². The Bertz CT molecular complexity index is 1240. The van der Waals surface area contributed by atoms with Gasteiger partial charge in [0.05, 0.1) is 35.1 Å². The minimum absolute atomic E-state index is 0.235. The maximum absolute atomic E-state index is 12.9. The number of rotatable bonds is 7. The van der Waals surface area contributed by atoms with Gasteiger partial charge in [0.15, 0.2) is 0 Å². The van der Waals surface area contributed by atoms with Crippen LogP contribution in [0, 0.1) is 25.7 Å². The molecule has 0 bridgehead atoms. The summed E-state index contributed by atoms with van der Waals surface area (Å²) >= 11 is 0. The Morgan fingerprint density at radius 2 is 1.80 bits per heavy atom. The molecule has 0 spiro atoms. The molecule has 3 aromatic rings. The zero-order chi connectivity index (χ0) is 25.1. The number of carbonyl (C=O) groups is 2. The van der Waals surface area contributed by atoms with Gasteiger partial charge in [-0.05, 0) is 44.7 Å². The molecule has 2 atom stereocenters. The maximum Gasteiger partial charge on any atom is 0.307 e. The first-order valence-corrected chi connectivity index (χ1v) is 11.8. The molecule has 3 N–H and O–H groups in total. The molecule has 3 aromatic heterocycles. The van der Waals surface area contributed by atoms with Crippen LogP contribution in [0.5, 0.6) is 0 Å². The minimum Gasteiger partial charge on any atom is -0.481 e. The van der Waals surface area contributed by atoms with Crippen LogP contribution in [0.15, 0.2) is 29.0 Å². The monoisotopic (exact) mass is 478 g/mol. The summed E-state index contributed by atoms with van der Waals surface area (Å²) in [6, 6.07) is 3.48. The van der Waals surface area contributed by atoms with Crippen molar-refractivity contribution < 1.29 is 19.2 Å². The van der Waals surface area contributed by atoms with Crippen molar-refractivity contribution in [3.63, 3.8) is 0 Å². The minimum atomic E-state index is -0.917. The number of pyridine rings is 1. The van der Waals surface area contributed by atoms with E-state index in [9.17, 15) is 14.7 Å². The Kier molecular flexibility index (Phi) is 7.09. The zero-order valence-corrected chi connectivity index (χ0v) is 20.3. The van der Waals surface area contributed by atoms with Crippen LogP contribution >= 0.6 is 0 Å². The number of carboxylic acids is 1. The van der Waals surface area contributed by atoms with E-state index in [1.54, 1.807) is 31.5 Å². The highest BCUT2D eigenvalue weighted by molar-refractivity contribution is 5.95. The largest absolute Gasteiger partial charge is 0.481 e. The van der Waals surface area contributed by atoms with E-state index in [0.717, 1.165) is 18.5 Å². The summed E-state index contributed by atoms with van der Waals surface area (Å²) in [5, 5.41) is 19.7. The molecule has 35 heavy (non-hydrogen) atoms. The highest BCUT2D eigenvalue weighted by Crippen LogP contribution is 2.34. The van der Waals surface area contributed by atoms with Crippen molar-refractivity contribution in [2.24, 2.45) is 11.8 Å². The molecule has 3 heterocycles. The van der Waals surface area contributed by atoms with Crippen LogP contribution in [0.1, 0.15) is 62.5 Å². The van der Waals surface area contributed by atoms with Crippen LogP contribution in [0.4, 0.5) is 17.2 Å². The molecular formula is C25H30N6O4. The topological polar surface area (TPSA) is 143 Å². The predicted octanol–water partition coefficient (Wildman–Crippen LogP) is 4.84. The molecule has 184 valence electrons. The van der Waals surface area contributed by atoms with Crippen LogP contribution in [0.25, 0.3) is 11.5 Å². The fourth-order valence-corrected chi connectivity index (χ4v) is 4.32. The summed E-state index contributed by atoms with van der Waals surface area (Å²) in [5.74, 6) is -1.15. The number of aliphatic carboxylic acids is 1. The highest BCUT2D eigenvalue weighted by Gasteiger charge is 2.36. The molecule has 0 aromatic carbocycles. The lowest BCUT2D eigenvalue weighted by molar-refractivity contribution is -0.147. The lowest BCUT2D eigenvalue weighted by Gasteiger charge is -2.27. The lowest BCUT2D eigenvalue weighted by Crippen LogP contribution is -2.36. The molecule has 1 aliphatic rings. The molecule has 1 amide bonds. The Labute approximate surface area is 203 Å². The molecule has 1 fully saturated rings. The zero-order valence-electron chi connectivity index (χ0n) is 20.3. The molecular weight excluding hydrogens is 448 g/mol. The van der Waals surface area contributed by atoms with Crippen LogP contribution in [0.2, 0.25) is 0 Å². The van der Waals surface area contributed by atoms with Crippen molar-refractivity contribution in [3.05, 3.63) is 41.6 Å². The molecule has 2 unspecified atom stereocenters. The number of amides is 1. The van der Waals surface area contributed by atoms with Gasteiger partial charge in [0.1, 0.15) is 22.9 Å². The van der Waals surface area contributed by atoms with Crippen molar-refractivity contribution >= 4 is 29.1 Å². The van der Waals surface area contributed by atoms with E-state index in [1.165, 1.54) is 0 Å². The van der Waals surface area contributed by atoms with Gasteiger partial charge in [-0.2, -0.15) is 0 Å². The second-order valence-corrected chi connectivity index (χ2v) is 9.24. The highest BCUT2D eigenvalue weighted by atomic mass is 16.5. The van der Waals surface area contributed by atoms with Gasteiger partial charge in [-0.25, -0.2) is 9.97 Å². The number of hydrogen-bond donors (Lipinski definition) is 3. The smallest absolute Gasteiger partial charge is 0.307 e. The summed E-state index contributed by atoms with van der Waals surface area (Å²) in [4.78, 5) is 37.9. The van der Waals surface area contributed by atoms with Crippen molar-refractivity contribution in [1.82, 2.24) is 20.1 Å². The van der Waals surface area contributed by atoms with Crippen molar-refractivity contribution in [2.45, 2.75) is 59.3 Å². The van der Waals surface area contributed by atoms with Crippen molar-refractivity contribution in [2.75, 3.05) is 10.6 Å². The second-order valence-electron chi connectivity index (χ2n) is 9.24. The second kappa shape index (κ2) is 10.2. The van der Waals surface area contributed by atoms with Gasteiger partial charge in [0, 0.05) is 6.20 Å². The maximum atomic E-state index is 12.9. The first-order valence-electron chi connectivity index (χ1n) is 11.8. The first kappa shape index (κ1) is 24.3. The van der Waals surface area contributed by atoms with Gasteiger partial charge in [-0.15, -0.1) is 0 Å². The van der Waals surface area contributed by atoms with E-state index >= 15 is 0 Å². The first-order chi connectivity index (χ1) is 16.7. The average molecular weight is 479 g/mol. The molecule has 10 nitrogen and oxygen atoms in total. The number of aryl methyl sites for hydroxylation is 2. The average Bonchev–Trinajstić information content (AvgIpc) is 3.20. The predicted molar refractivity (Wildman–Crippen MR) is 130 cm³/mol. The lowest BCUT2D eigenvalue weighted by atomic mass is 9.78. The van der Waals surface area contributed by atoms with E-state index in [1.807, 2.05) is 20.8 Å². The van der Waals surface area contributed by atoms with E-state index in [2.05, 4.69) is 30.7 Å². The standard InChI is InChI=1S/C25H30N6O4/c1-13(2)20-11-26-12-21(28-20)30-22-15(4)31-35-23(22)19-10-9-18(14(3)27-19)29-24(32)16-7-5-6-8-17(16)25(33)34/h9-13,16-17H,5-8H2,1-4H3,(H,28,30)(H,29,32)(H,33,34). The summed E-state index contributed by atoms with van der Waals surface area (Å²) in [6.07, 6.45) is 6.14. The SMILES string of the molecule is Cc1nc(-c2onc(C)c2Nc2cncc(C(C)C)n2)ccc1NC(=O)C1CCCCC1C(=O)O. The van der Waals surface area contributed by atoms with Crippen molar-refractivity contribution in [3.8, 4) is 11.5 Å². The third-order valence-corrected chi connectivity index (χ3v) is 6.36. The molecule has 0 saturated heterocycles. The van der Waals surface area contributed by atoms with Crippen LogP contribution in [-0.4, -0.2) is 37.1 Å². The van der Waals surface area contributed by atoms with Gasteiger partial charge in [0.2, 0.25) is 11.7 Å². The van der Waals surface area contributed by atoms with Crippen molar-refractivity contribution in [1.29, 1.82) is 0 Å². The molecule has 10 heteroatoms. The van der Waals surface area contributed by atoms with E-state index < -0.39 is 17.8 Å². The summed E-state index contributed by atoms with van der Waals surface area (Å²) < 4.78 is 5.57. The molecule has 0 aliphatic heterocycles. The molecule has 1 saturated carbocycles. The summed E-state index contributed by atoms with van der Waals surface area (Å²) in [6.45, 7) is 7.70. The number of carboxylic acid groups (broad SMARTS) is 1. The third-order valence-electron chi connectivity index (χ3n) is 6.36. The fourth-order valence-electron chi connectivity index (χ4n) is 4.32. The Morgan fingerprint density at radius 3 is 2.49 bits per heavy atom. The number of carbonyl (C=O) groups excluding carboxylic acids is 1. The Hall–Kier alpha value is -3.82. The summed E-state index contributed by atoms with van der Waals surface area (Å²) in [7, 11) is 0. The molecule has 1 aliphatic carbocycles. The number of nitrogens with one attached hydrogen (secondary N) is 2. The summed E-state index contributed by atoms with van der Waals surface area (Å²) in [5.41, 5.74) is 3.80. The number of nitrogens with zero attached hydrogens (tertiary/aromatic N) is 4. The van der Waals surface area contributed by atoms with Gasteiger partial charge in [-0.1, -0.05) is 31.8 Å². The molecule has 4 rings (SSSR count). The molecule has 0 radical (unpaired) electrons. The van der Waals surface area contributed by atoms with E-state index in [-0.39, 0.29) is 11.8 Å². The quantitative estimate of drug-likeness (QED) is 0.434. The van der Waals surface area contributed by atoms with E-state index in [0.29, 0.717) is 52.9 Å².